The average molecular weight is 350 g/mol. The van der Waals surface area contributed by atoms with E-state index >= 15 is 0 Å². The number of carbonyl (C=O) groups excluding carboxylic acids is 1. The Kier molecular flexibility index (Phi) is 4.68. The van der Waals surface area contributed by atoms with Crippen LogP contribution in [-0.4, -0.2) is 24.0 Å². The molecule has 128 valence electrons. The first kappa shape index (κ1) is 18.0. The third kappa shape index (κ3) is 3.93. The van der Waals surface area contributed by atoms with Gasteiger partial charge in [-0.15, -0.1) is 0 Å². The fourth-order valence-corrected chi connectivity index (χ4v) is 2.77. The molecule has 0 unspecified atom stereocenters. The number of benzene rings is 2. The molecule has 0 heterocycles. The van der Waals surface area contributed by atoms with Crippen LogP contribution in [0.3, 0.4) is 0 Å². The quantitative estimate of drug-likeness (QED) is 0.501. The lowest BCUT2D eigenvalue weighted by molar-refractivity contribution is 0.0733. The molecule has 0 aliphatic heterocycles. The van der Waals surface area contributed by atoms with E-state index in [2.05, 4.69) is 0 Å². The van der Waals surface area contributed by atoms with Gasteiger partial charge < -0.3 is 9.84 Å². The van der Waals surface area contributed by atoms with Gasteiger partial charge in [0.05, 0.1) is 5.56 Å². The van der Waals surface area contributed by atoms with E-state index in [0.29, 0.717) is 0 Å². The maximum absolute atomic E-state index is 12.1. The molecule has 0 spiro atoms. The molecule has 2 N–H and O–H groups in total. The molecule has 0 atom stereocenters. The van der Waals surface area contributed by atoms with Crippen LogP contribution in [0.1, 0.15) is 36.7 Å². The van der Waals surface area contributed by atoms with Gasteiger partial charge in [-0.3, -0.25) is 4.55 Å². The Morgan fingerprint density at radius 2 is 1.67 bits per heavy atom. The van der Waals surface area contributed by atoms with E-state index in [9.17, 15) is 22.9 Å². The Hall–Kier alpha value is -2.38. The molecular weight excluding hydrogens is 332 g/mol. The highest BCUT2D eigenvalue weighted by molar-refractivity contribution is 7.86. The van der Waals surface area contributed by atoms with Crippen molar-refractivity contribution in [1.82, 2.24) is 0 Å². The minimum atomic E-state index is -4.68. The smallest absolute Gasteiger partial charge is 0.343 e. The Morgan fingerprint density at radius 1 is 1.08 bits per heavy atom. The molecule has 0 bridgehead atoms. The van der Waals surface area contributed by atoms with Gasteiger partial charge >= 0.3 is 5.97 Å². The SMILES string of the molecule is CC(C)(C)c1cc(OC(=O)c2ccccc2)cc(S(=O)(=O)O)c1O. The zero-order valence-corrected chi connectivity index (χ0v) is 14.3. The van der Waals surface area contributed by atoms with E-state index < -0.39 is 32.1 Å². The van der Waals surface area contributed by atoms with Crippen LogP contribution >= 0.6 is 0 Å². The molecule has 0 saturated carbocycles. The second-order valence-corrected chi connectivity index (χ2v) is 7.69. The summed E-state index contributed by atoms with van der Waals surface area (Å²) < 4.78 is 37.5. The van der Waals surface area contributed by atoms with Crippen LogP contribution < -0.4 is 4.74 Å². The Bertz CT molecular complexity index is 864. The van der Waals surface area contributed by atoms with Crippen molar-refractivity contribution < 1.29 is 27.6 Å². The van der Waals surface area contributed by atoms with Crippen molar-refractivity contribution in [1.29, 1.82) is 0 Å². The van der Waals surface area contributed by atoms with E-state index in [4.69, 9.17) is 4.74 Å². The molecule has 0 aliphatic carbocycles. The molecule has 2 aromatic rings. The molecule has 2 rings (SSSR count). The Morgan fingerprint density at radius 3 is 2.17 bits per heavy atom. The van der Waals surface area contributed by atoms with Crippen molar-refractivity contribution >= 4 is 16.1 Å². The fourth-order valence-electron chi connectivity index (χ4n) is 2.15. The second-order valence-electron chi connectivity index (χ2n) is 6.30. The predicted octanol–water partition coefficient (Wildman–Crippen LogP) is 3.16. The monoisotopic (exact) mass is 350 g/mol. The summed E-state index contributed by atoms with van der Waals surface area (Å²) in [5, 5.41) is 10.2. The number of ether oxygens (including phenoxy) is 1. The summed E-state index contributed by atoms with van der Waals surface area (Å²) in [6.07, 6.45) is 0. The van der Waals surface area contributed by atoms with Crippen LogP contribution in [-0.2, 0) is 15.5 Å². The largest absolute Gasteiger partial charge is 0.506 e. The predicted molar refractivity (Wildman–Crippen MR) is 88.0 cm³/mol. The number of aromatic hydroxyl groups is 1. The summed E-state index contributed by atoms with van der Waals surface area (Å²) in [5.41, 5.74) is -0.122. The second kappa shape index (κ2) is 6.26. The standard InChI is InChI=1S/C17H18O6S/c1-17(2,3)13-9-12(10-14(15(13)18)24(20,21)22)23-16(19)11-7-5-4-6-8-11/h4-10,18H,1-3H3,(H,20,21,22). The molecular formula is C17H18O6S. The van der Waals surface area contributed by atoms with E-state index in [-0.39, 0.29) is 16.9 Å². The third-order valence-corrected chi connectivity index (χ3v) is 4.22. The summed E-state index contributed by atoms with van der Waals surface area (Å²) in [7, 11) is -4.68. The molecule has 24 heavy (non-hydrogen) atoms. The van der Waals surface area contributed by atoms with E-state index in [0.717, 1.165) is 6.07 Å². The average Bonchev–Trinajstić information content (AvgIpc) is 2.47. The van der Waals surface area contributed by atoms with Crippen molar-refractivity contribution in [3.63, 3.8) is 0 Å². The fraction of sp³-hybridized carbons (Fsp3) is 0.235. The summed E-state index contributed by atoms with van der Waals surface area (Å²) in [5.74, 6) is -1.33. The zero-order chi connectivity index (χ0) is 18.1. The number of hydrogen-bond donors (Lipinski definition) is 2. The molecule has 0 aliphatic rings. The van der Waals surface area contributed by atoms with Crippen molar-refractivity contribution in [3.05, 3.63) is 53.6 Å². The summed E-state index contributed by atoms with van der Waals surface area (Å²) in [4.78, 5) is 11.4. The summed E-state index contributed by atoms with van der Waals surface area (Å²) >= 11 is 0. The minimum Gasteiger partial charge on any atom is -0.506 e. The minimum absolute atomic E-state index is 0.0841. The van der Waals surface area contributed by atoms with Crippen molar-refractivity contribution in [2.24, 2.45) is 0 Å². The Balaban J connectivity index is 2.53. The molecule has 0 radical (unpaired) electrons. The highest BCUT2D eigenvalue weighted by atomic mass is 32.2. The number of hydrogen-bond acceptors (Lipinski definition) is 5. The lowest BCUT2D eigenvalue weighted by Gasteiger charge is -2.22. The van der Waals surface area contributed by atoms with Gasteiger partial charge in [-0.2, -0.15) is 8.42 Å². The number of rotatable bonds is 3. The van der Waals surface area contributed by atoms with Gasteiger partial charge in [0.1, 0.15) is 16.4 Å². The van der Waals surface area contributed by atoms with Crippen molar-refractivity contribution in [2.45, 2.75) is 31.1 Å². The lowest BCUT2D eigenvalue weighted by Crippen LogP contribution is -2.15. The molecule has 6 nitrogen and oxygen atoms in total. The van der Waals surface area contributed by atoms with Crippen LogP contribution in [0.2, 0.25) is 0 Å². The van der Waals surface area contributed by atoms with Crippen LogP contribution in [0.5, 0.6) is 11.5 Å². The first-order valence-corrected chi connectivity index (χ1v) is 8.56. The molecule has 0 saturated heterocycles. The van der Waals surface area contributed by atoms with Crippen LogP contribution in [0, 0.1) is 0 Å². The molecule has 7 heteroatoms. The van der Waals surface area contributed by atoms with Gasteiger partial charge in [-0.1, -0.05) is 39.0 Å². The number of esters is 1. The maximum Gasteiger partial charge on any atom is 0.343 e. The summed E-state index contributed by atoms with van der Waals surface area (Å²) in [6.45, 7) is 5.25. The topological polar surface area (TPSA) is 101 Å². The van der Waals surface area contributed by atoms with E-state index in [1.54, 1.807) is 51.1 Å². The number of phenols is 1. The van der Waals surface area contributed by atoms with Gasteiger partial charge in [0.15, 0.2) is 0 Å². The van der Waals surface area contributed by atoms with Gasteiger partial charge in [-0.25, -0.2) is 4.79 Å². The van der Waals surface area contributed by atoms with Crippen LogP contribution in [0.25, 0.3) is 0 Å². The van der Waals surface area contributed by atoms with Crippen molar-refractivity contribution in [2.75, 3.05) is 0 Å². The molecule has 0 aromatic heterocycles. The van der Waals surface area contributed by atoms with Crippen LogP contribution in [0.4, 0.5) is 0 Å². The van der Waals surface area contributed by atoms with Gasteiger partial charge in [-0.05, 0) is 23.6 Å². The lowest BCUT2D eigenvalue weighted by atomic mass is 9.86. The van der Waals surface area contributed by atoms with E-state index in [1.807, 2.05) is 0 Å². The third-order valence-electron chi connectivity index (χ3n) is 3.35. The van der Waals surface area contributed by atoms with Gasteiger partial charge in [0.25, 0.3) is 10.1 Å². The zero-order valence-electron chi connectivity index (χ0n) is 13.5. The van der Waals surface area contributed by atoms with E-state index in [1.165, 1.54) is 6.07 Å². The number of carbonyl (C=O) groups is 1. The number of phenolic OH excluding ortho intramolecular Hbond substituents is 1. The Labute approximate surface area is 140 Å². The van der Waals surface area contributed by atoms with Gasteiger partial charge in [0, 0.05) is 11.6 Å². The molecule has 0 fully saturated rings. The highest BCUT2D eigenvalue weighted by Crippen LogP contribution is 2.38. The molecule has 2 aromatic carbocycles. The molecule has 0 amide bonds. The first-order valence-electron chi connectivity index (χ1n) is 7.12. The normalized spacial score (nSPS) is 12.0. The van der Waals surface area contributed by atoms with Crippen LogP contribution in [0.15, 0.2) is 47.4 Å². The van der Waals surface area contributed by atoms with Crippen molar-refractivity contribution in [3.8, 4) is 11.5 Å². The maximum atomic E-state index is 12.1. The highest BCUT2D eigenvalue weighted by Gasteiger charge is 2.27. The first-order chi connectivity index (χ1) is 11.0. The summed E-state index contributed by atoms with van der Waals surface area (Å²) in [6, 6.07) is 10.5. The van der Waals surface area contributed by atoms with Gasteiger partial charge in [0.2, 0.25) is 0 Å².